The lowest BCUT2D eigenvalue weighted by Gasteiger charge is -2.15. The van der Waals surface area contributed by atoms with E-state index in [4.69, 9.17) is 0 Å². The number of nitrogens with one attached hydrogen (secondary N) is 1. The van der Waals surface area contributed by atoms with Gasteiger partial charge in [0.1, 0.15) is 11.9 Å². The summed E-state index contributed by atoms with van der Waals surface area (Å²) in [6.07, 6.45) is 3.39. The number of para-hydroxylation sites is 1. The van der Waals surface area contributed by atoms with Crippen LogP contribution in [0, 0.1) is 17.1 Å². The Morgan fingerprint density at radius 2 is 1.81 bits per heavy atom. The van der Waals surface area contributed by atoms with E-state index in [1.54, 1.807) is 30.6 Å². The number of anilines is 1. The second-order valence-electron chi connectivity index (χ2n) is 4.64. The lowest BCUT2D eigenvalue weighted by molar-refractivity contribution is 0.629. The number of pyridine rings is 1. The Labute approximate surface area is 121 Å². The van der Waals surface area contributed by atoms with Gasteiger partial charge in [-0.2, -0.15) is 5.26 Å². The first-order valence-electron chi connectivity index (χ1n) is 6.53. The maximum absolute atomic E-state index is 13.7. The molecule has 1 aromatic heterocycles. The van der Waals surface area contributed by atoms with Crippen LogP contribution in [-0.4, -0.2) is 4.98 Å². The van der Waals surface area contributed by atoms with E-state index >= 15 is 0 Å². The Morgan fingerprint density at radius 1 is 1.05 bits per heavy atom. The molecular formula is C17H12FN3. The molecule has 3 rings (SSSR count). The molecule has 0 amide bonds. The van der Waals surface area contributed by atoms with E-state index in [-0.39, 0.29) is 5.82 Å². The third-order valence-corrected chi connectivity index (χ3v) is 3.31. The SMILES string of the molecule is N#CC(Nc1ccccc1F)c1cncc2ccccc12. The molecule has 0 saturated carbocycles. The Kier molecular flexibility index (Phi) is 3.48. The van der Waals surface area contributed by atoms with Gasteiger partial charge in [-0.05, 0) is 17.5 Å². The van der Waals surface area contributed by atoms with Gasteiger partial charge in [-0.3, -0.25) is 4.98 Å². The molecule has 0 aliphatic carbocycles. The molecule has 3 aromatic rings. The van der Waals surface area contributed by atoms with E-state index in [0.29, 0.717) is 5.69 Å². The summed E-state index contributed by atoms with van der Waals surface area (Å²) in [4.78, 5) is 4.16. The molecule has 1 heterocycles. The third-order valence-electron chi connectivity index (χ3n) is 3.31. The van der Waals surface area contributed by atoms with Crippen molar-refractivity contribution in [3.8, 4) is 6.07 Å². The maximum atomic E-state index is 13.7. The highest BCUT2D eigenvalue weighted by Gasteiger charge is 2.15. The van der Waals surface area contributed by atoms with E-state index in [2.05, 4.69) is 16.4 Å². The van der Waals surface area contributed by atoms with Crippen LogP contribution >= 0.6 is 0 Å². The number of fused-ring (bicyclic) bond motifs is 1. The smallest absolute Gasteiger partial charge is 0.146 e. The van der Waals surface area contributed by atoms with Gasteiger partial charge in [0.05, 0.1) is 11.8 Å². The minimum absolute atomic E-state index is 0.303. The molecule has 1 unspecified atom stereocenters. The van der Waals surface area contributed by atoms with Gasteiger partial charge in [-0.25, -0.2) is 4.39 Å². The number of hydrogen-bond acceptors (Lipinski definition) is 3. The summed E-state index contributed by atoms with van der Waals surface area (Å²) in [5.74, 6) is -0.383. The first kappa shape index (κ1) is 13.1. The summed E-state index contributed by atoms with van der Waals surface area (Å²) < 4.78 is 13.7. The van der Waals surface area contributed by atoms with E-state index in [1.807, 2.05) is 24.3 Å². The third kappa shape index (κ3) is 2.54. The van der Waals surface area contributed by atoms with E-state index in [9.17, 15) is 9.65 Å². The van der Waals surface area contributed by atoms with Crippen LogP contribution in [0.5, 0.6) is 0 Å². The van der Waals surface area contributed by atoms with Gasteiger partial charge in [0.2, 0.25) is 0 Å². The quantitative estimate of drug-likeness (QED) is 0.785. The predicted molar refractivity (Wildman–Crippen MR) is 80.1 cm³/mol. The average Bonchev–Trinajstić information content (AvgIpc) is 2.54. The van der Waals surface area contributed by atoms with Crippen LogP contribution < -0.4 is 5.32 Å². The van der Waals surface area contributed by atoms with Gasteiger partial charge in [-0.15, -0.1) is 0 Å². The molecule has 21 heavy (non-hydrogen) atoms. The van der Waals surface area contributed by atoms with E-state index in [1.165, 1.54) is 6.07 Å². The van der Waals surface area contributed by atoms with E-state index in [0.717, 1.165) is 16.3 Å². The molecule has 0 fully saturated rings. The van der Waals surface area contributed by atoms with Crippen molar-refractivity contribution in [2.45, 2.75) is 6.04 Å². The van der Waals surface area contributed by atoms with Crippen LogP contribution in [0.2, 0.25) is 0 Å². The highest BCUT2D eigenvalue weighted by Crippen LogP contribution is 2.26. The Bertz CT molecular complexity index is 818. The number of benzene rings is 2. The van der Waals surface area contributed by atoms with Gasteiger partial charge in [0, 0.05) is 23.3 Å². The second-order valence-corrected chi connectivity index (χ2v) is 4.64. The number of nitrogens with zero attached hydrogens (tertiary/aromatic N) is 2. The van der Waals surface area contributed by atoms with Crippen molar-refractivity contribution in [3.63, 3.8) is 0 Å². The summed E-state index contributed by atoms with van der Waals surface area (Å²) in [6, 6.07) is 15.5. The van der Waals surface area contributed by atoms with Crippen molar-refractivity contribution in [2.75, 3.05) is 5.32 Å². The largest absolute Gasteiger partial charge is 0.364 e. The molecule has 0 bridgehead atoms. The van der Waals surface area contributed by atoms with Crippen LogP contribution in [-0.2, 0) is 0 Å². The van der Waals surface area contributed by atoms with Crippen LogP contribution in [0.25, 0.3) is 10.8 Å². The molecule has 1 N–H and O–H groups in total. The van der Waals surface area contributed by atoms with Crippen molar-refractivity contribution in [3.05, 3.63) is 72.3 Å². The summed E-state index contributed by atoms with van der Waals surface area (Å²) in [6.45, 7) is 0. The van der Waals surface area contributed by atoms with Crippen molar-refractivity contribution < 1.29 is 4.39 Å². The molecule has 0 saturated heterocycles. The molecule has 0 aliphatic heterocycles. The topological polar surface area (TPSA) is 48.7 Å². The zero-order valence-corrected chi connectivity index (χ0v) is 11.1. The Morgan fingerprint density at radius 3 is 2.62 bits per heavy atom. The highest BCUT2D eigenvalue weighted by molar-refractivity contribution is 5.85. The fraction of sp³-hybridized carbons (Fsp3) is 0.0588. The first-order valence-corrected chi connectivity index (χ1v) is 6.53. The van der Waals surface area contributed by atoms with Crippen LogP contribution in [0.4, 0.5) is 10.1 Å². The summed E-state index contributed by atoms with van der Waals surface area (Å²) in [5.41, 5.74) is 1.04. The zero-order valence-electron chi connectivity index (χ0n) is 11.1. The minimum Gasteiger partial charge on any atom is -0.364 e. The zero-order chi connectivity index (χ0) is 14.7. The monoisotopic (exact) mass is 277 g/mol. The summed E-state index contributed by atoms with van der Waals surface area (Å²) in [7, 11) is 0. The van der Waals surface area contributed by atoms with Crippen molar-refractivity contribution in [1.82, 2.24) is 4.98 Å². The van der Waals surface area contributed by atoms with Gasteiger partial charge in [-0.1, -0.05) is 36.4 Å². The number of nitriles is 1. The van der Waals surface area contributed by atoms with Gasteiger partial charge >= 0.3 is 0 Å². The molecule has 0 radical (unpaired) electrons. The van der Waals surface area contributed by atoms with E-state index < -0.39 is 6.04 Å². The van der Waals surface area contributed by atoms with Crippen molar-refractivity contribution in [2.24, 2.45) is 0 Å². The molecule has 102 valence electrons. The van der Waals surface area contributed by atoms with Crippen molar-refractivity contribution in [1.29, 1.82) is 5.26 Å². The summed E-state index contributed by atoms with van der Waals surface area (Å²) >= 11 is 0. The minimum atomic E-state index is -0.666. The fourth-order valence-electron chi connectivity index (χ4n) is 2.28. The molecule has 1 atom stereocenters. The number of aromatic nitrogens is 1. The molecule has 3 nitrogen and oxygen atoms in total. The van der Waals surface area contributed by atoms with Gasteiger partial charge in [0.25, 0.3) is 0 Å². The van der Waals surface area contributed by atoms with Crippen molar-refractivity contribution >= 4 is 16.5 Å². The van der Waals surface area contributed by atoms with Crippen LogP contribution in [0.3, 0.4) is 0 Å². The number of rotatable bonds is 3. The second kappa shape index (κ2) is 5.59. The Balaban J connectivity index is 2.04. The molecule has 0 aliphatic rings. The van der Waals surface area contributed by atoms with Gasteiger partial charge < -0.3 is 5.32 Å². The maximum Gasteiger partial charge on any atom is 0.146 e. The molecular weight excluding hydrogens is 265 g/mol. The Hall–Kier alpha value is -2.93. The lowest BCUT2D eigenvalue weighted by Crippen LogP contribution is -2.10. The van der Waals surface area contributed by atoms with Crippen LogP contribution in [0.1, 0.15) is 11.6 Å². The lowest BCUT2D eigenvalue weighted by atomic mass is 10.0. The number of halogens is 1. The predicted octanol–water partition coefficient (Wildman–Crippen LogP) is 4.05. The standard InChI is InChI=1S/C17H12FN3/c18-15-7-3-4-8-16(15)21-17(9-19)14-11-20-10-12-5-1-2-6-13(12)14/h1-8,10-11,17,21H. The normalized spacial score (nSPS) is 11.8. The average molecular weight is 277 g/mol. The highest BCUT2D eigenvalue weighted by atomic mass is 19.1. The summed E-state index contributed by atoms with van der Waals surface area (Å²) in [5, 5.41) is 14.2. The molecule has 2 aromatic carbocycles. The van der Waals surface area contributed by atoms with Gasteiger partial charge in [0.15, 0.2) is 0 Å². The fourth-order valence-corrected chi connectivity index (χ4v) is 2.28. The van der Waals surface area contributed by atoms with Crippen LogP contribution in [0.15, 0.2) is 60.9 Å². The molecule has 4 heteroatoms. The number of hydrogen-bond donors (Lipinski definition) is 1. The molecule has 0 spiro atoms. The first-order chi connectivity index (χ1) is 10.3.